The van der Waals surface area contributed by atoms with Gasteiger partial charge in [-0.15, -0.1) is 0 Å². The minimum Gasteiger partial charge on any atom is -0.354 e. The molecule has 1 amide bonds. The summed E-state index contributed by atoms with van der Waals surface area (Å²) in [6.07, 6.45) is 2.30. The van der Waals surface area contributed by atoms with Gasteiger partial charge in [0.25, 0.3) is 5.56 Å². The maximum Gasteiger partial charge on any atom is 0.275 e. The fourth-order valence-corrected chi connectivity index (χ4v) is 4.15. The molecule has 0 unspecified atom stereocenters. The van der Waals surface area contributed by atoms with Gasteiger partial charge in [0.2, 0.25) is 5.91 Å². The van der Waals surface area contributed by atoms with E-state index in [1.807, 2.05) is 56.3 Å². The molecule has 0 spiro atoms. The van der Waals surface area contributed by atoms with E-state index in [2.05, 4.69) is 22.2 Å². The molecular weight excluding hydrogens is 376 g/mol. The third-order valence-corrected chi connectivity index (χ3v) is 5.98. The van der Waals surface area contributed by atoms with Crippen molar-refractivity contribution in [3.05, 3.63) is 63.9 Å². The number of aryl methyl sites for hydroxylation is 1. The lowest BCUT2D eigenvalue weighted by Crippen LogP contribution is -2.38. The van der Waals surface area contributed by atoms with Gasteiger partial charge in [-0.2, -0.15) is 5.10 Å². The highest BCUT2D eigenvalue weighted by Gasteiger charge is 2.22. The molecular formula is C24H28N4O2. The second-order valence-electron chi connectivity index (χ2n) is 8.32. The lowest BCUT2D eigenvalue weighted by molar-refractivity contribution is -0.117. The number of aromatic nitrogens is 2. The van der Waals surface area contributed by atoms with E-state index in [-0.39, 0.29) is 18.0 Å². The summed E-state index contributed by atoms with van der Waals surface area (Å²) in [6.45, 7) is 7.92. The Labute approximate surface area is 176 Å². The Morgan fingerprint density at radius 3 is 2.67 bits per heavy atom. The highest BCUT2D eigenvalue weighted by Crippen LogP contribution is 2.27. The second kappa shape index (κ2) is 8.30. The van der Waals surface area contributed by atoms with Gasteiger partial charge in [-0.3, -0.25) is 9.59 Å². The summed E-state index contributed by atoms with van der Waals surface area (Å²) >= 11 is 0. The SMILES string of the molecule is Cc1cccc(NC(=O)Cn2nc(N3CCC[C@@H](C)C3)c3ccccc3c2=O)c1C. The third kappa shape index (κ3) is 3.95. The Kier molecular flexibility index (Phi) is 5.57. The van der Waals surface area contributed by atoms with E-state index in [0.29, 0.717) is 11.3 Å². The van der Waals surface area contributed by atoms with Crippen molar-refractivity contribution in [3.8, 4) is 0 Å². The largest absolute Gasteiger partial charge is 0.354 e. The number of benzene rings is 2. The summed E-state index contributed by atoms with van der Waals surface area (Å²) in [4.78, 5) is 28.0. The highest BCUT2D eigenvalue weighted by atomic mass is 16.2. The van der Waals surface area contributed by atoms with Gasteiger partial charge < -0.3 is 10.2 Å². The summed E-state index contributed by atoms with van der Waals surface area (Å²) in [5, 5.41) is 9.03. The molecule has 156 valence electrons. The normalized spacial score (nSPS) is 16.6. The topological polar surface area (TPSA) is 67.2 Å². The average Bonchev–Trinajstić information content (AvgIpc) is 2.73. The van der Waals surface area contributed by atoms with Gasteiger partial charge in [-0.25, -0.2) is 4.68 Å². The molecule has 4 rings (SSSR count). The number of carbonyl (C=O) groups is 1. The lowest BCUT2D eigenvalue weighted by atomic mass is 10.00. The summed E-state index contributed by atoms with van der Waals surface area (Å²) < 4.78 is 1.30. The van der Waals surface area contributed by atoms with Gasteiger partial charge >= 0.3 is 0 Å². The molecule has 1 aliphatic heterocycles. The van der Waals surface area contributed by atoms with Crippen LogP contribution in [-0.2, 0) is 11.3 Å². The van der Waals surface area contributed by atoms with E-state index in [9.17, 15) is 9.59 Å². The first-order chi connectivity index (χ1) is 14.4. The molecule has 6 nitrogen and oxygen atoms in total. The summed E-state index contributed by atoms with van der Waals surface area (Å²) in [5.41, 5.74) is 2.65. The van der Waals surface area contributed by atoms with Crippen LogP contribution in [-0.4, -0.2) is 28.8 Å². The molecule has 0 saturated carbocycles. The van der Waals surface area contributed by atoms with E-state index in [0.717, 1.165) is 47.5 Å². The Hall–Kier alpha value is -3.15. The molecule has 2 aromatic carbocycles. The lowest BCUT2D eigenvalue weighted by Gasteiger charge is -2.32. The van der Waals surface area contributed by atoms with Gasteiger partial charge in [0, 0.05) is 24.2 Å². The number of fused-ring (bicyclic) bond motifs is 1. The molecule has 2 heterocycles. The smallest absolute Gasteiger partial charge is 0.275 e. The standard InChI is InChI=1S/C24H28N4O2/c1-16-8-7-13-27(14-16)23-19-10-4-5-11-20(19)24(30)28(26-23)15-22(29)25-21-12-6-9-17(2)18(21)3/h4-6,9-12,16H,7-8,13-15H2,1-3H3,(H,25,29)/t16-/m1/s1. The molecule has 0 radical (unpaired) electrons. The maximum atomic E-state index is 13.0. The Balaban J connectivity index is 1.68. The maximum absolute atomic E-state index is 13.0. The van der Waals surface area contributed by atoms with E-state index in [4.69, 9.17) is 0 Å². The van der Waals surface area contributed by atoms with Crippen molar-refractivity contribution in [2.45, 2.75) is 40.2 Å². The number of nitrogens with zero attached hydrogens (tertiary/aromatic N) is 3. The molecule has 1 aromatic heterocycles. The van der Waals surface area contributed by atoms with Crippen LogP contribution in [0.5, 0.6) is 0 Å². The van der Waals surface area contributed by atoms with Gasteiger partial charge in [0.15, 0.2) is 5.82 Å². The Bertz CT molecular complexity index is 1150. The quantitative estimate of drug-likeness (QED) is 0.716. The molecule has 0 bridgehead atoms. The minimum atomic E-state index is -0.258. The van der Waals surface area contributed by atoms with Crippen LogP contribution in [0.1, 0.15) is 30.9 Å². The van der Waals surface area contributed by atoms with E-state index in [1.165, 1.54) is 11.1 Å². The number of piperidine rings is 1. The molecule has 1 N–H and O–H groups in total. The van der Waals surface area contributed by atoms with Crippen molar-refractivity contribution in [1.82, 2.24) is 9.78 Å². The van der Waals surface area contributed by atoms with Crippen LogP contribution in [0.4, 0.5) is 11.5 Å². The van der Waals surface area contributed by atoms with Crippen LogP contribution >= 0.6 is 0 Å². The molecule has 1 atom stereocenters. The summed E-state index contributed by atoms with van der Waals surface area (Å²) in [7, 11) is 0. The zero-order valence-corrected chi connectivity index (χ0v) is 17.8. The molecule has 1 saturated heterocycles. The summed E-state index contributed by atoms with van der Waals surface area (Å²) in [5.74, 6) is 1.11. The number of hydrogen-bond donors (Lipinski definition) is 1. The number of amides is 1. The number of rotatable bonds is 4. The minimum absolute atomic E-state index is 0.118. The van der Waals surface area contributed by atoms with Crippen LogP contribution in [0.3, 0.4) is 0 Å². The van der Waals surface area contributed by atoms with Crippen molar-refractivity contribution in [1.29, 1.82) is 0 Å². The number of hydrogen-bond acceptors (Lipinski definition) is 4. The van der Waals surface area contributed by atoms with Crippen molar-refractivity contribution >= 4 is 28.2 Å². The van der Waals surface area contributed by atoms with Crippen molar-refractivity contribution in [2.24, 2.45) is 5.92 Å². The molecule has 1 aliphatic rings. The van der Waals surface area contributed by atoms with Gasteiger partial charge in [0.05, 0.1) is 5.39 Å². The van der Waals surface area contributed by atoms with Crippen LogP contribution in [0.15, 0.2) is 47.3 Å². The zero-order chi connectivity index (χ0) is 21.3. The third-order valence-electron chi connectivity index (χ3n) is 5.98. The zero-order valence-electron chi connectivity index (χ0n) is 17.8. The fourth-order valence-electron chi connectivity index (χ4n) is 4.15. The predicted octanol–water partition coefficient (Wildman–Crippen LogP) is 3.89. The van der Waals surface area contributed by atoms with E-state index < -0.39 is 0 Å². The monoisotopic (exact) mass is 404 g/mol. The van der Waals surface area contributed by atoms with Crippen LogP contribution in [0, 0.1) is 19.8 Å². The average molecular weight is 405 g/mol. The van der Waals surface area contributed by atoms with Crippen molar-refractivity contribution < 1.29 is 4.79 Å². The first kappa shape index (κ1) is 20.1. The Morgan fingerprint density at radius 2 is 1.90 bits per heavy atom. The van der Waals surface area contributed by atoms with Crippen LogP contribution in [0.25, 0.3) is 10.8 Å². The van der Waals surface area contributed by atoms with Crippen molar-refractivity contribution in [2.75, 3.05) is 23.3 Å². The molecule has 6 heteroatoms. The second-order valence-corrected chi connectivity index (χ2v) is 8.32. The number of anilines is 2. The predicted molar refractivity (Wildman–Crippen MR) is 121 cm³/mol. The van der Waals surface area contributed by atoms with Gasteiger partial charge in [-0.05, 0) is 55.9 Å². The first-order valence-corrected chi connectivity index (χ1v) is 10.5. The van der Waals surface area contributed by atoms with Gasteiger partial charge in [0.1, 0.15) is 6.54 Å². The Morgan fingerprint density at radius 1 is 1.13 bits per heavy atom. The van der Waals surface area contributed by atoms with Crippen LogP contribution in [0.2, 0.25) is 0 Å². The molecule has 3 aromatic rings. The van der Waals surface area contributed by atoms with E-state index in [1.54, 1.807) is 0 Å². The van der Waals surface area contributed by atoms with Crippen LogP contribution < -0.4 is 15.8 Å². The first-order valence-electron chi connectivity index (χ1n) is 10.5. The molecule has 0 aliphatic carbocycles. The number of carbonyl (C=O) groups excluding carboxylic acids is 1. The van der Waals surface area contributed by atoms with Gasteiger partial charge in [-0.1, -0.05) is 37.3 Å². The highest BCUT2D eigenvalue weighted by molar-refractivity contribution is 5.93. The molecule has 30 heavy (non-hydrogen) atoms. The summed E-state index contributed by atoms with van der Waals surface area (Å²) in [6, 6.07) is 13.3. The number of nitrogens with one attached hydrogen (secondary N) is 1. The van der Waals surface area contributed by atoms with Crippen molar-refractivity contribution in [3.63, 3.8) is 0 Å². The van der Waals surface area contributed by atoms with E-state index >= 15 is 0 Å². The molecule has 1 fully saturated rings. The fraction of sp³-hybridized carbons (Fsp3) is 0.375.